The lowest BCUT2D eigenvalue weighted by Gasteiger charge is -2.25. The van der Waals surface area contributed by atoms with Gasteiger partial charge in [0.1, 0.15) is 17.2 Å². The van der Waals surface area contributed by atoms with Crippen LogP contribution in [0.4, 0.5) is 8.78 Å². The number of benzene rings is 1. The van der Waals surface area contributed by atoms with E-state index < -0.39 is 29.1 Å². The summed E-state index contributed by atoms with van der Waals surface area (Å²) in [6.45, 7) is 3.90. The fourth-order valence-electron chi connectivity index (χ4n) is 4.14. The zero-order chi connectivity index (χ0) is 23.6. The Hall–Kier alpha value is -3.27. The number of aliphatic hydroxyl groups is 1. The van der Waals surface area contributed by atoms with Crippen molar-refractivity contribution in [2.24, 2.45) is 0 Å². The standard InChI is InChI=1S/C22H25F2N3O5/c1-4-26(11-28)10-15-8-17(29)19-18(20(30)21(32-3)12(2)27(15)19)22(31)25-9-13-5-6-14(23)7-16(13)24/h5-7,11,15,17,29H,4,8-10H2,1-3H3,(H,25,31). The first-order valence-electron chi connectivity index (χ1n) is 10.2. The number of carbonyl (C=O) groups excluding carboxylic acids is 2. The Balaban J connectivity index is 2.02. The van der Waals surface area contributed by atoms with E-state index in [1.54, 1.807) is 11.5 Å². The van der Waals surface area contributed by atoms with Crippen molar-refractivity contribution < 1.29 is 28.2 Å². The highest BCUT2D eigenvalue weighted by Gasteiger charge is 2.38. The zero-order valence-corrected chi connectivity index (χ0v) is 18.0. The SMILES string of the molecule is CCN(C=O)CC1CC(O)c2c(C(=O)NCc3ccc(F)cc3F)c(=O)c(OC)c(C)n21. The lowest BCUT2D eigenvalue weighted by Crippen LogP contribution is -2.34. The molecule has 0 saturated carbocycles. The molecule has 0 bridgehead atoms. The summed E-state index contributed by atoms with van der Waals surface area (Å²) in [6.07, 6.45) is -0.222. The van der Waals surface area contributed by atoms with Gasteiger partial charge in [-0.3, -0.25) is 14.4 Å². The molecular formula is C22H25F2N3O5. The third-order valence-electron chi connectivity index (χ3n) is 5.70. The molecule has 8 nitrogen and oxygen atoms in total. The molecule has 2 atom stereocenters. The Morgan fingerprint density at radius 1 is 1.41 bits per heavy atom. The number of carbonyl (C=O) groups is 2. The Labute approximate surface area is 183 Å². The van der Waals surface area contributed by atoms with Crippen molar-refractivity contribution in [3.63, 3.8) is 0 Å². The fraction of sp³-hybridized carbons (Fsp3) is 0.409. The van der Waals surface area contributed by atoms with Crippen molar-refractivity contribution in [3.05, 3.63) is 62.6 Å². The fourth-order valence-corrected chi connectivity index (χ4v) is 4.14. The normalized spacial score (nSPS) is 17.1. The van der Waals surface area contributed by atoms with Crippen molar-refractivity contribution in [2.75, 3.05) is 20.2 Å². The van der Waals surface area contributed by atoms with Crippen molar-refractivity contribution >= 4 is 12.3 Å². The maximum atomic E-state index is 13.9. The molecule has 1 aliphatic rings. The van der Waals surface area contributed by atoms with Gasteiger partial charge in [-0.1, -0.05) is 6.07 Å². The van der Waals surface area contributed by atoms with Crippen LogP contribution in [0.1, 0.15) is 52.8 Å². The number of amides is 2. The predicted molar refractivity (Wildman–Crippen MR) is 111 cm³/mol. The smallest absolute Gasteiger partial charge is 0.257 e. The van der Waals surface area contributed by atoms with E-state index in [0.29, 0.717) is 24.7 Å². The number of hydrogen-bond donors (Lipinski definition) is 2. The number of hydrogen-bond acceptors (Lipinski definition) is 5. The molecule has 0 saturated heterocycles. The van der Waals surface area contributed by atoms with E-state index >= 15 is 0 Å². The Morgan fingerprint density at radius 2 is 2.12 bits per heavy atom. The molecule has 1 aromatic heterocycles. The number of likely N-dealkylation sites (N-methyl/N-ethyl adjacent to an activating group) is 1. The largest absolute Gasteiger partial charge is 0.491 e. The first-order valence-corrected chi connectivity index (χ1v) is 10.2. The number of ether oxygens (including phenoxy) is 1. The van der Waals surface area contributed by atoms with Gasteiger partial charge >= 0.3 is 0 Å². The van der Waals surface area contributed by atoms with E-state index in [4.69, 9.17) is 4.74 Å². The summed E-state index contributed by atoms with van der Waals surface area (Å²) in [5.74, 6) is -2.45. The molecule has 0 radical (unpaired) electrons. The Kier molecular flexibility index (Phi) is 6.93. The van der Waals surface area contributed by atoms with Gasteiger partial charge in [-0.05, 0) is 19.9 Å². The van der Waals surface area contributed by atoms with Crippen LogP contribution in [0, 0.1) is 18.6 Å². The van der Waals surface area contributed by atoms with Gasteiger partial charge in [0.15, 0.2) is 5.75 Å². The number of nitrogens with one attached hydrogen (secondary N) is 1. The van der Waals surface area contributed by atoms with Gasteiger partial charge < -0.3 is 24.6 Å². The number of aromatic nitrogens is 1. The van der Waals surface area contributed by atoms with E-state index in [1.165, 1.54) is 18.1 Å². The van der Waals surface area contributed by atoms with E-state index in [2.05, 4.69) is 5.32 Å². The number of fused-ring (bicyclic) bond motifs is 1. The summed E-state index contributed by atoms with van der Waals surface area (Å²) < 4.78 is 33.9. The molecule has 1 aliphatic heterocycles. The number of halogens is 2. The quantitative estimate of drug-likeness (QED) is 0.599. The molecule has 32 heavy (non-hydrogen) atoms. The highest BCUT2D eigenvalue weighted by atomic mass is 19.1. The van der Waals surface area contributed by atoms with Crippen molar-refractivity contribution in [3.8, 4) is 5.75 Å². The lowest BCUT2D eigenvalue weighted by molar-refractivity contribution is -0.118. The van der Waals surface area contributed by atoms with E-state index in [-0.39, 0.29) is 48.1 Å². The van der Waals surface area contributed by atoms with Gasteiger partial charge in [-0.15, -0.1) is 0 Å². The number of rotatable bonds is 8. The van der Waals surface area contributed by atoms with E-state index in [9.17, 15) is 28.3 Å². The molecule has 2 unspecified atom stereocenters. The molecule has 0 spiro atoms. The van der Waals surface area contributed by atoms with Crippen LogP contribution in [0.3, 0.4) is 0 Å². The minimum atomic E-state index is -1.12. The van der Waals surface area contributed by atoms with Gasteiger partial charge in [0, 0.05) is 37.7 Å². The average molecular weight is 449 g/mol. The molecule has 10 heteroatoms. The monoisotopic (exact) mass is 449 g/mol. The maximum absolute atomic E-state index is 13.9. The lowest BCUT2D eigenvalue weighted by atomic mass is 10.1. The topological polar surface area (TPSA) is 101 Å². The second kappa shape index (κ2) is 9.47. The van der Waals surface area contributed by atoms with E-state index in [1.807, 2.05) is 6.92 Å². The highest BCUT2D eigenvalue weighted by Crippen LogP contribution is 2.39. The van der Waals surface area contributed by atoms with Gasteiger partial charge in [0.25, 0.3) is 5.91 Å². The maximum Gasteiger partial charge on any atom is 0.257 e. The minimum Gasteiger partial charge on any atom is -0.491 e. The summed E-state index contributed by atoms with van der Waals surface area (Å²) in [5.41, 5.74) is -0.414. The third-order valence-corrected chi connectivity index (χ3v) is 5.70. The average Bonchev–Trinajstić information content (AvgIpc) is 3.07. The molecule has 172 valence electrons. The molecule has 1 aromatic carbocycles. The second-order valence-corrected chi connectivity index (χ2v) is 7.59. The molecule has 2 heterocycles. The molecule has 2 amide bonds. The molecule has 3 rings (SSSR count). The summed E-state index contributed by atoms with van der Waals surface area (Å²) in [5, 5.41) is 13.2. The minimum absolute atomic E-state index is 0.0403. The molecule has 0 aliphatic carbocycles. The van der Waals surface area contributed by atoms with Crippen LogP contribution < -0.4 is 15.5 Å². The van der Waals surface area contributed by atoms with Crippen LogP contribution in [0.2, 0.25) is 0 Å². The zero-order valence-electron chi connectivity index (χ0n) is 18.0. The second-order valence-electron chi connectivity index (χ2n) is 7.59. The van der Waals surface area contributed by atoms with Gasteiger partial charge in [0.2, 0.25) is 11.8 Å². The third kappa shape index (κ3) is 4.22. The van der Waals surface area contributed by atoms with Crippen LogP contribution in [0.25, 0.3) is 0 Å². The summed E-state index contributed by atoms with van der Waals surface area (Å²) >= 11 is 0. The van der Waals surface area contributed by atoms with Gasteiger partial charge in [0.05, 0.1) is 30.6 Å². The Bertz CT molecular complexity index is 1100. The Morgan fingerprint density at radius 3 is 2.72 bits per heavy atom. The molecule has 2 aromatic rings. The molecule has 0 fully saturated rings. The van der Waals surface area contributed by atoms with Gasteiger partial charge in [-0.2, -0.15) is 0 Å². The summed E-state index contributed by atoms with van der Waals surface area (Å²) in [7, 11) is 1.30. The van der Waals surface area contributed by atoms with Crippen molar-refractivity contribution in [1.82, 2.24) is 14.8 Å². The summed E-state index contributed by atoms with van der Waals surface area (Å²) in [6, 6.07) is 2.58. The predicted octanol–water partition coefficient (Wildman–Crippen LogP) is 1.83. The van der Waals surface area contributed by atoms with Crippen LogP contribution in [0.15, 0.2) is 23.0 Å². The molecule has 2 N–H and O–H groups in total. The molecular weight excluding hydrogens is 424 g/mol. The number of pyridine rings is 1. The van der Waals surface area contributed by atoms with Crippen LogP contribution in [-0.2, 0) is 11.3 Å². The van der Waals surface area contributed by atoms with Crippen molar-refractivity contribution in [1.29, 1.82) is 0 Å². The summed E-state index contributed by atoms with van der Waals surface area (Å²) in [4.78, 5) is 38.8. The van der Waals surface area contributed by atoms with Crippen LogP contribution in [0.5, 0.6) is 5.75 Å². The number of nitrogens with zero attached hydrogens (tertiary/aromatic N) is 2. The first kappa shape index (κ1) is 23.4. The number of methoxy groups -OCH3 is 1. The van der Waals surface area contributed by atoms with Gasteiger partial charge in [-0.25, -0.2) is 8.78 Å². The number of aliphatic hydroxyl groups excluding tert-OH is 1. The highest BCUT2D eigenvalue weighted by molar-refractivity contribution is 5.96. The van der Waals surface area contributed by atoms with Crippen LogP contribution >= 0.6 is 0 Å². The first-order chi connectivity index (χ1) is 15.2. The van der Waals surface area contributed by atoms with E-state index in [0.717, 1.165) is 6.07 Å². The van der Waals surface area contributed by atoms with Crippen molar-refractivity contribution in [2.45, 2.75) is 39.0 Å². The van der Waals surface area contributed by atoms with Crippen LogP contribution in [-0.4, -0.2) is 47.1 Å².